The standard InChI is InChI=1S/C28H31ClFN3O4S/c1-4-20(2)31-28(35)21(3)32(18-22-9-8-10-23(29)17-22)27(34)19-33(25-11-6-5-7-12-25)38(36,37)26-15-13-24(30)14-16-26/h5-17,20-21H,4,18-19H2,1-3H3,(H,31,35)/t20-,21-/m0/s1. The molecule has 0 radical (unpaired) electrons. The molecular formula is C28H31ClFN3O4S. The minimum atomic E-state index is -4.25. The molecule has 0 saturated heterocycles. The topological polar surface area (TPSA) is 86.8 Å². The van der Waals surface area contributed by atoms with Crippen molar-refractivity contribution in [1.82, 2.24) is 10.2 Å². The van der Waals surface area contributed by atoms with Gasteiger partial charge < -0.3 is 10.2 Å². The van der Waals surface area contributed by atoms with Gasteiger partial charge in [-0.3, -0.25) is 13.9 Å². The van der Waals surface area contributed by atoms with E-state index < -0.39 is 34.3 Å². The number of benzene rings is 3. The summed E-state index contributed by atoms with van der Waals surface area (Å²) in [5.74, 6) is -1.53. The minimum Gasteiger partial charge on any atom is -0.352 e. The van der Waals surface area contributed by atoms with Crippen LogP contribution < -0.4 is 9.62 Å². The van der Waals surface area contributed by atoms with E-state index in [1.165, 1.54) is 4.90 Å². The molecule has 0 aliphatic rings. The number of halogens is 2. The molecule has 38 heavy (non-hydrogen) atoms. The number of hydrogen-bond donors (Lipinski definition) is 1. The summed E-state index contributed by atoms with van der Waals surface area (Å²) in [4.78, 5) is 28.0. The fourth-order valence-electron chi connectivity index (χ4n) is 3.74. The number of nitrogens with one attached hydrogen (secondary N) is 1. The molecule has 10 heteroatoms. The van der Waals surface area contributed by atoms with Gasteiger partial charge in [-0.15, -0.1) is 0 Å². The van der Waals surface area contributed by atoms with Crippen molar-refractivity contribution in [2.75, 3.05) is 10.8 Å². The molecular weight excluding hydrogens is 529 g/mol. The summed E-state index contributed by atoms with van der Waals surface area (Å²) in [6, 6.07) is 18.4. The molecule has 0 spiro atoms. The van der Waals surface area contributed by atoms with Gasteiger partial charge in [0.1, 0.15) is 18.4 Å². The molecule has 1 N–H and O–H groups in total. The zero-order valence-corrected chi connectivity index (χ0v) is 23.0. The van der Waals surface area contributed by atoms with Gasteiger partial charge in [-0.2, -0.15) is 0 Å². The van der Waals surface area contributed by atoms with Gasteiger partial charge in [-0.05, 0) is 74.4 Å². The van der Waals surface area contributed by atoms with Crippen LogP contribution in [0.1, 0.15) is 32.8 Å². The van der Waals surface area contributed by atoms with Crippen LogP contribution >= 0.6 is 11.6 Å². The zero-order valence-electron chi connectivity index (χ0n) is 21.5. The van der Waals surface area contributed by atoms with Crippen LogP contribution in [0.3, 0.4) is 0 Å². The first-order chi connectivity index (χ1) is 18.0. The Morgan fingerprint density at radius 1 is 0.974 bits per heavy atom. The summed E-state index contributed by atoms with van der Waals surface area (Å²) >= 11 is 6.14. The van der Waals surface area contributed by atoms with Gasteiger partial charge in [-0.25, -0.2) is 12.8 Å². The van der Waals surface area contributed by atoms with Crippen molar-refractivity contribution in [2.24, 2.45) is 0 Å². The number of nitrogens with zero attached hydrogens (tertiary/aromatic N) is 2. The SMILES string of the molecule is CC[C@H](C)NC(=O)[C@H](C)N(Cc1cccc(Cl)c1)C(=O)CN(c1ccccc1)S(=O)(=O)c1ccc(F)cc1. The third-order valence-corrected chi connectivity index (χ3v) is 8.16. The largest absolute Gasteiger partial charge is 0.352 e. The van der Waals surface area contributed by atoms with Gasteiger partial charge in [0.2, 0.25) is 11.8 Å². The Hall–Kier alpha value is -3.43. The first kappa shape index (κ1) is 29.1. The second kappa shape index (κ2) is 12.9. The van der Waals surface area contributed by atoms with Crippen molar-refractivity contribution in [2.45, 2.75) is 50.7 Å². The van der Waals surface area contributed by atoms with Crippen LogP contribution in [0.2, 0.25) is 5.02 Å². The smallest absolute Gasteiger partial charge is 0.264 e. The van der Waals surface area contributed by atoms with Gasteiger partial charge in [0.05, 0.1) is 10.6 Å². The van der Waals surface area contributed by atoms with E-state index in [1.54, 1.807) is 61.5 Å². The molecule has 0 aliphatic carbocycles. The average Bonchev–Trinajstić information content (AvgIpc) is 2.90. The van der Waals surface area contributed by atoms with Crippen LogP contribution in [0.5, 0.6) is 0 Å². The van der Waals surface area contributed by atoms with Gasteiger partial charge in [0.15, 0.2) is 0 Å². The highest BCUT2D eigenvalue weighted by molar-refractivity contribution is 7.92. The predicted octanol–water partition coefficient (Wildman–Crippen LogP) is 5.01. The van der Waals surface area contributed by atoms with E-state index in [0.717, 1.165) is 28.6 Å². The molecule has 2 atom stereocenters. The highest BCUT2D eigenvalue weighted by Gasteiger charge is 2.32. The fourth-order valence-corrected chi connectivity index (χ4v) is 5.36. The lowest BCUT2D eigenvalue weighted by atomic mass is 10.1. The maximum atomic E-state index is 13.8. The van der Waals surface area contributed by atoms with E-state index in [1.807, 2.05) is 13.8 Å². The van der Waals surface area contributed by atoms with Crippen molar-refractivity contribution >= 4 is 39.1 Å². The van der Waals surface area contributed by atoms with Gasteiger partial charge in [0.25, 0.3) is 10.0 Å². The summed E-state index contributed by atoms with van der Waals surface area (Å²) in [6.45, 7) is 4.85. The number of carbonyl (C=O) groups excluding carboxylic acids is 2. The molecule has 0 heterocycles. The van der Waals surface area contributed by atoms with E-state index in [4.69, 9.17) is 11.6 Å². The molecule has 0 unspecified atom stereocenters. The van der Waals surface area contributed by atoms with E-state index in [-0.39, 0.29) is 29.1 Å². The molecule has 2 amide bonds. The van der Waals surface area contributed by atoms with Gasteiger partial charge in [0, 0.05) is 17.6 Å². The van der Waals surface area contributed by atoms with Crippen LogP contribution in [-0.2, 0) is 26.2 Å². The van der Waals surface area contributed by atoms with Crippen molar-refractivity contribution < 1.29 is 22.4 Å². The molecule has 3 aromatic rings. The summed E-state index contributed by atoms with van der Waals surface area (Å²) in [7, 11) is -4.25. The lowest BCUT2D eigenvalue weighted by molar-refractivity contribution is -0.139. The number of amides is 2. The number of sulfonamides is 1. The van der Waals surface area contributed by atoms with Crippen LogP contribution in [0.4, 0.5) is 10.1 Å². The van der Waals surface area contributed by atoms with E-state index in [0.29, 0.717) is 17.0 Å². The average molecular weight is 560 g/mol. The number of hydrogen-bond acceptors (Lipinski definition) is 4. The van der Waals surface area contributed by atoms with E-state index in [9.17, 15) is 22.4 Å². The fraction of sp³-hybridized carbons (Fsp3) is 0.286. The molecule has 0 aromatic heterocycles. The molecule has 0 aliphatic heterocycles. The predicted molar refractivity (Wildman–Crippen MR) is 147 cm³/mol. The molecule has 3 aromatic carbocycles. The van der Waals surface area contributed by atoms with Crippen molar-refractivity contribution in [3.8, 4) is 0 Å². The monoisotopic (exact) mass is 559 g/mol. The molecule has 0 fully saturated rings. The van der Waals surface area contributed by atoms with Gasteiger partial charge in [-0.1, -0.05) is 48.9 Å². The van der Waals surface area contributed by atoms with Crippen molar-refractivity contribution in [3.63, 3.8) is 0 Å². The number of carbonyl (C=O) groups is 2. The molecule has 0 bridgehead atoms. The Bertz CT molecular complexity index is 1350. The third kappa shape index (κ3) is 7.33. The molecule has 0 saturated carbocycles. The van der Waals surface area contributed by atoms with Crippen LogP contribution in [0.25, 0.3) is 0 Å². The maximum absolute atomic E-state index is 13.8. The van der Waals surface area contributed by atoms with Gasteiger partial charge >= 0.3 is 0 Å². The van der Waals surface area contributed by atoms with Crippen LogP contribution in [0, 0.1) is 5.82 Å². The first-order valence-electron chi connectivity index (χ1n) is 12.2. The number of anilines is 1. The zero-order chi connectivity index (χ0) is 27.9. The quantitative estimate of drug-likeness (QED) is 0.358. The lowest BCUT2D eigenvalue weighted by Crippen LogP contribution is -2.52. The maximum Gasteiger partial charge on any atom is 0.264 e. The third-order valence-electron chi connectivity index (χ3n) is 6.13. The lowest BCUT2D eigenvalue weighted by Gasteiger charge is -2.32. The Labute approximate surface area is 228 Å². The van der Waals surface area contributed by atoms with Crippen molar-refractivity contribution in [1.29, 1.82) is 0 Å². The number of rotatable bonds is 11. The second-order valence-corrected chi connectivity index (χ2v) is 11.2. The van der Waals surface area contributed by atoms with Crippen LogP contribution in [0.15, 0.2) is 83.8 Å². The van der Waals surface area contributed by atoms with E-state index in [2.05, 4.69) is 5.32 Å². The summed E-state index contributed by atoms with van der Waals surface area (Å²) in [6.07, 6.45) is 0.707. The highest BCUT2D eigenvalue weighted by atomic mass is 35.5. The summed E-state index contributed by atoms with van der Waals surface area (Å²) in [5.41, 5.74) is 0.936. The molecule has 7 nitrogen and oxygen atoms in total. The Balaban J connectivity index is 2.00. The molecule has 3 rings (SSSR count). The minimum absolute atomic E-state index is 0.0354. The molecule has 202 valence electrons. The Kier molecular flexibility index (Phi) is 9.88. The number of para-hydroxylation sites is 1. The highest BCUT2D eigenvalue weighted by Crippen LogP contribution is 2.25. The summed E-state index contributed by atoms with van der Waals surface area (Å²) in [5, 5.41) is 3.35. The van der Waals surface area contributed by atoms with E-state index >= 15 is 0 Å². The Morgan fingerprint density at radius 2 is 1.63 bits per heavy atom. The normalized spacial score (nSPS) is 12.9. The first-order valence-corrected chi connectivity index (χ1v) is 14.0. The summed E-state index contributed by atoms with van der Waals surface area (Å²) < 4.78 is 41.7. The second-order valence-electron chi connectivity index (χ2n) is 8.95. The van der Waals surface area contributed by atoms with Crippen LogP contribution in [-0.4, -0.2) is 43.8 Å². The van der Waals surface area contributed by atoms with Crippen molar-refractivity contribution in [3.05, 3.63) is 95.3 Å². The Morgan fingerprint density at radius 3 is 2.24 bits per heavy atom.